The molecule has 0 spiro atoms. The topological polar surface area (TPSA) is 81.4 Å². The molecule has 0 aromatic rings. The number of ether oxygens (including phenoxy) is 1. The molecule has 0 aromatic carbocycles. The van der Waals surface area contributed by atoms with Gasteiger partial charge in [0.1, 0.15) is 11.6 Å². The molecule has 110 valence electrons. The van der Waals surface area contributed by atoms with Crippen LogP contribution < -0.4 is 11.1 Å². The van der Waals surface area contributed by atoms with Crippen LogP contribution in [0.15, 0.2) is 0 Å². The molecule has 0 bridgehead atoms. The van der Waals surface area contributed by atoms with Gasteiger partial charge in [-0.1, -0.05) is 32.1 Å². The number of nitrogens with two attached hydrogens (primary N) is 1. The second kappa shape index (κ2) is 6.78. The van der Waals surface area contributed by atoms with Gasteiger partial charge in [0.15, 0.2) is 0 Å². The van der Waals surface area contributed by atoms with Gasteiger partial charge < -0.3 is 15.8 Å². The molecule has 0 aliphatic heterocycles. The van der Waals surface area contributed by atoms with Gasteiger partial charge in [0.25, 0.3) is 0 Å². The maximum absolute atomic E-state index is 11.7. The number of carbonyl (C=O) groups excluding carboxylic acids is 2. The lowest BCUT2D eigenvalue weighted by atomic mass is 9.84. The summed E-state index contributed by atoms with van der Waals surface area (Å²) in [4.78, 5) is 23.1. The maximum atomic E-state index is 11.7. The number of rotatable bonds is 4. The van der Waals surface area contributed by atoms with Crippen molar-refractivity contribution in [2.75, 3.05) is 0 Å². The van der Waals surface area contributed by atoms with Crippen LogP contribution in [-0.2, 0) is 9.53 Å². The van der Waals surface area contributed by atoms with E-state index >= 15 is 0 Å². The van der Waals surface area contributed by atoms with Crippen LogP contribution in [0.2, 0.25) is 0 Å². The Balaban J connectivity index is 2.48. The molecule has 5 nitrogen and oxygen atoms in total. The van der Waals surface area contributed by atoms with Gasteiger partial charge in [0, 0.05) is 0 Å². The van der Waals surface area contributed by atoms with Crippen molar-refractivity contribution >= 4 is 12.0 Å². The van der Waals surface area contributed by atoms with Crippen molar-refractivity contribution in [2.24, 2.45) is 11.7 Å². The van der Waals surface area contributed by atoms with Gasteiger partial charge in [-0.05, 0) is 33.1 Å². The van der Waals surface area contributed by atoms with Crippen LogP contribution in [0.25, 0.3) is 0 Å². The largest absolute Gasteiger partial charge is 0.444 e. The zero-order chi connectivity index (χ0) is 14.5. The Labute approximate surface area is 115 Å². The van der Waals surface area contributed by atoms with E-state index in [2.05, 4.69) is 5.32 Å². The molecule has 1 fully saturated rings. The van der Waals surface area contributed by atoms with Crippen molar-refractivity contribution in [3.8, 4) is 0 Å². The van der Waals surface area contributed by atoms with Gasteiger partial charge in [-0.2, -0.15) is 0 Å². The van der Waals surface area contributed by atoms with Crippen LogP contribution >= 0.6 is 0 Å². The highest BCUT2D eigenvalue weighted by atomic mass is 16.6. The average Bonchev–Trinajstić information content (AvgIpc) is 2.26. The van der Waals surface area contributed by atoms with E-state index in [0.29, 0.717) is 12.3 Å². The number of primary amides is 1. The fraction of sp³-hybridized carbons (Fsp3) is 0.857. The molecular weight excluding hydrogens is 244 g/mol. The standard InChI is InChI=1S/C14H26N2O3/c1-14(2,3)19-13(18)16-11(12(15)17)9-10-7-5-4-6-8-10/h10-11H,4-9H2,1-3H3,(H2,15,17)(H,16,18)/t11-/m1/s1. The van der Waals surface area contributed by atoms with Crippen LogP contribution in [0.3, 0.4) is 0 Å². The van der Waals surface area contributed by atoms with E-state index in [-0.39, 0.29) is 0 Å². The number of amides is 2. The molecule has 0 radical (unpaired) electrons. The third-order valence-corrected chi connectivity index (χ3v) is 3.33. The SMILES string of the molecule is CC(C)(C)OC(=O)N[C@H](CC1CCCCC1)C(N)=O. The Morgan fingerprint density at radius 1 is 1.26 bits per heavy atom. The highest BCUT2D eigenvalue weighted by Gasteiger charge is 2.26. The summed E-state index contributed by atoms with van der Waals surface area (Å²) in [5.74, 6) is -0.0161. The Hall–Kier alpha value is -1.26. The van der Waals surface area contributed by atoms with Crippen molar-refractivity contribution in [1.82, 2.24) is 5.32 Å². The molecule has 1 rings (SSSR count). The normalized spacial score (nSPS) is 18.7. The van der Waals surface area contributed by atoms with Crippen molar-refractivity contribution in [3.05, 3.63) is 0 Å². The average molecular weight is 270 g/mol. The predicted octanol–water partition coefficient (Wildman–Crippen LogP) is 2.34. The van der Waals surface area contributed by atoms with E-state index in [1.165, 1.54) is 19.3 Å². The first-order valence-electron chi connectivity index (χ1n) is 7.07. The molecule has 3 N–H and O–H groups in total. The molecule has 0 aromatic heterocycles. The van der Waals surface area contributed by atoms with Crippen molar-refractivity contribution in [1.29, 1.82) is 0 Å². The zero-order valence-electron chi connectivity index (χ0n) is 12.2. The van der Waals surface area contributed by atoms with Gasteiger partial charge in [-0.15, -0.1) is 0 Å². The van der Waals surface area contributed by atoms with Gasteiger partial charge in [0.05, 0.1) is 0 Å². The number of hydrogen-bond acceptors (Lipinski definition) is 3. The minimum Gasteiger partial charge on any atom is -0.444 e. The van der Waals surface area contributed by atoms with Gasteiger partial charge in [-0.25, -0.2) is 4.79 Å². The number of nitrogens with one attached hydrogen (secondary N) is 1. The number of carbonyl (C=O) groups is 2. The van der Waals surface area contributed by atoms with Gasteiger partial charge in [-0.3, -0.25) is 4.79 Å². The quantitative estimate of drug-likeness (QED) is 0.822. The minimum atomic E-state index is -0.627. The summed E-state index contributed by atoms with van der Waals surface area (Å²) < 4.78 is 5.15. The third-order valence-electron chi connectivity index (χ3n) is 3.33. The lowest BCUT2D eigenvalue weighted by molar-refractivity contribution is -0.120. The van der Waals surface area contributed by atoms with E-state index in [9.17, 15) is 9.59 Å². The first kappa shape index (κ1) is 15.8. The summed E-state index contributed by atoms with van der Waals surface area (Å²) in [6.45, 7) is 5.35. The van der Waals surface area contributed by atoms with Crippen LogP contribution in [0.4, 0.5) is 4.79 Å². The lowest BCUT2D eigenvalue weighted by Crippen LogP contribution is -2.47. The highest BCUT2D eigenvalue weighted by Crippen LogP contribution is 2.27. The monoisotopic (exact) mass is 270 g/mol. The maximum Gasteiger partial charge on any atom is 0.408 e. The summed E-state index contributed by atoms with van der Waals surface area (Å²) in [6.07, 6.45) is 5.92. The molecule has 1 aliphatic rings. The first-order chi connectivity index (χ1) is 8.78. The smallest absolute Gasteiger partial charge is 0.408 e. The van der Waals surface area contributed by atoms with Crippen molar-refractivity contribution in [2.45, 2.75) is 70.9 Å². The molecule has 5 heteroatoms. The molecule has 1 atom stereocenters. The van der Waals surface area contributed by atoms with Crippen LogP contribution in [0, 0.1) is 5.92 Å². The summed E-state index contributed by atoms with van der Waals surface area (Å²) in [5.41, 5.74) is 4.78. The second-order valence-corrected chi connectivity index (χ2v) is 6.34. The zero-order valence-corrected chi connectivity index (χ0v) is 12.2. The molecule has 0 unspecified atom stereocenters. The Bertz CT molecular complexity index is 317. The molecule has 1 aliphatic carbocycles. The Morgan fingerprint density at radius 3 is 2.32 bits per heavy atom. The van der Waals surface area contributed by atoms with E-state index in [0.717, 1.165) is 12.8 Å². The molecule has 0 saturated heterocycles. The van der Waals surface area contributed by atoms with E-state index in [1.807, 2.05) is 0 Å². The number of alkyl carbamates (subject to hydrolysis) is 1. The molecule has 1 saturated carbocycles. The Kier molecular flexibility index (Phi) is 5.63. The lowest BCUT2D eigenvalue weighted by Gasteiger charge is -2.26. The Morgan fingerprint density at radius 2 is 1.84 bits per heavy atom. The fourth-order valence-corrected chi connectivity index (χ4v) is 2.45. The van der Waals surface area contributed by atoms with Crippen LogP contribution in [-0.4, -0.2) is 23.6 Å². The van der Waals surface area contributed by atoms with E-state index < -0.39 is 23.6 Å². The van der Waals surface area contributed by atoms with Crippen LogP contribution in [0.5, 0.6) is 0 Å². The predicted molar refractivity (Wildman–Crippen MR) is 73.5 cm³/mol. The van der Waals surface area contributed by atoms with Gasteiger partial charge >= 0.3 is 6.09 Å². The summed E-state index contributed by atoms with van der Waals surface area (Å²) in [5, 5.41) is 2.58. The minimum absolute atomic E-state index is 0.473. The van der Waals surface area contributed by atoms with Crippen molar-refractivity contribution < 1.29 is 14.3 Å². The molecule has 2 amide bonds. The summed E-state index contributed by atoms with van der Waals surface area (Å²) >= 11 is 0. The van der Waals surface area contributed by atoms with E-state index in [1.54, 1.807) is 20.8 Å². The first-order valence-corrected chi connectivity index (χ1v) is 7.07. The van der Waals surface area contributed by atoms with Gasteiger partial charge in [0.2, 0.25) is 5.91 Å². The highest BCUT2D eigenvalue weighted by molar-refractivity contribution is 5.84. The summed E-state index contributed by atoms with van der Waals surface area (Å²) in [6, 6.07) is -0.627. The number of hydrogen-bond donors (Lipinski definition) is 2. The van der Waals surface area contributed by atoms with E-state index in [4.69, 9.17) is 10.5 Å². The van der Waals surface area contributed by atoms with Crippen LogP contribution in [0.1, 0.15) is 59.3 Å². The molecular formula is C14H26N2O3. The molecule has 0 heterocycles. The summed E-state index contributed by atoms with van der Waals surface area (Å²) in [7, 11) is 0. The fourth-order valence-electron chi connectivity index (χ4n) is 2.45. The third kappa shape index (κ3) is 6.45. The molecule has 19 heavy (non-hydrogen) atoms. The van der Waals surface area contributed by atoms with Crippen molar-refractivity contribution in [3.63, 3.8) is 0 Å². The second-order valence-electron chi connectivity index (χ2n) is 6.34.